The highest BCUT2D eigenvalue weighted by molar-refractivity contribution is 6.69. The number of hydrogen-bond donors (Lipinski definition) is 0. The molecule has 0 unspecified atom stereocenters. The monoisotopic (exact) mass is 394 g/mol. The predicted molar refractivity (Wildman–Crippen MR) is 86.8 cm³/mol. The molecule has 0 fully saturated rings. The van der Waals surface area contributed by atoms with Crippen molar-refractivity contribution in [3.8, 4) is 0 Å². The first kappa shape index (κ1) is 24.4. The fourth-order valence-corrected chi connectivity index (χ4v) is 4.12. The van der Waals surface area contributed by atoms with Crippen LogP contribution in [0.5, 0.6) is 0 Å². The van der Waals surface area contributed by atoms with E-state index >= 15 is 0 Å². The van der Waals surface area contributed by atoms with Crippen LogP contribution in [0.4, 0.5) is 26.3 Å². The van der Waals surface area contributed by atoms with Gasteiger partial charge in [0.2, 0.25) is 5.60 Å². The van der Waals surface area contributed by atoms with Gasteiger partial charge in [-0.05, 0) is 57.2 Å². The molecule has 0 bridgehead atoms. The van der Waals surface area contributed by atoms with Gasteiger partial charge in [0.15, 0.2) is 8.32 Å². The lowest BCUT2D eigenvalue weighted by atomic mass is 9.80. The first-order valence-corrected chi connectivity index (χ1v) is 11.7. The Bertz CT molecular complexity index is 410. The van der Waals surface area contributed by atoms with Gasteiger partial charge in [0.25, 0.3) is 0 Å². The molecule has 0 saturated heterocycles. The van der Waals surface area contributed by atoms with Crippen LogP contribution in [0.15, 0.2) is 0 Å². The number of carbonyl (C=O) groups is 1. The molecule has 9 heteroatoms. The highest BCUT2D eigenvalue weighted by Gasteiger charge is 2.72. The molecule has 2 nitrogen and oxygen atoms in total. The molecule has 0 heterocycles. The molecular formula is C16H28F6O2Si. The third kappa shape index (κ3) is 7.68. The SMILES string of the molecule is CC(C)(CCCC=O)CCCC(O[Si](C)(C)C)(C(F)(F)F)C(F)(F)F. The maximum atomic E-state index is 13.4. The van der Waals surface area contributed by atoms with E-state index in [0.29, 0.717) is 19.3 Å². The van der Waals surface area contributed by atoms with E-state index < -0.39 is 38.1 Å². The molecule has 0 radical (unpaired) electrons. The average molecular weight is 394 g/mol. The Hall–Kier alpha value is -0.573. The van der Waals surface area contributed by atoms with Gasteiger partial charge in [-0.2, -0.15) is 26.3 Å². The minimum absolute atomic E-state index is 0.189. The average Bonchev–Trinajstić information content (AvgIpc) is 2.33. The number of carbonyl (C=O) groups excluding carboxylic acids is 1. The number of halogens is 6. The van der Waals surface area contributed by atoms with E-state index in [0.717, 1.165) is 6.29 Å². The van der Waals surface area contributed by atoms with Gasteiger partial charge in [-0.25, -0.2) is 0 Å². The van der Waals surface area contributed by atoms with Gasteiger partial charge in [-0.15, -0.1) is 0 Å². The van der Waals surface area contributed by atoms with E-state index in [1.165, 1.54) is 19.6 Å². The van der Waals surface area contributed by atoms with E-state index in [1.54, 1.807) is 13.8 Å². The van der Waals surface area contributed by atoms with Crippen molar-refractivity contribution in [1.29, 1.82) is 0 Å². The fourth-order valence-electron chi connectivity index (χ4n) is 2.74. The highest BCUT2D eigenvalue weighted by Crippen LogP contribution is 2.50. The first-order valence-electron chi connectivity index (χ1n) is 8.25. The van der Waals surface area contributed by atoms with Crippen LogP contribution in [0.3, 0.4) is 0 Å². The summed E-state index contributed by atoms with van der Waals surface area (Å²) >= 11 is 0. The van der Waals surface area contributed by atoms with E-state index in [9.17, 15) is 31.1 Å². The second-order valence-corrected chi connectivity index (χ2v) is 12.5. The zero-order valence-electron chi connectivity index (χ0n) is 15.4. The standard InChI is InChI=1S/C16H28F6O2Si/c1-13(2,9-6-7-12-23)10-8-11-14(15(17,18)19,16(20,21)22)24-25(3,4)5/h12H,6-11H2,1-5H3. The smallest absolute Gasteiger partial charge is 0.397 e. The molecule has 0 aliphatic rings. The lowest BCUT2D eigenvalue weighted by Gasteiger charge is -2.42. The van der Waals surface area contributed by atoms with Crippen molar-refractivity contribution in [2.75, 3.05) is 0 Å². The second kappa shape index (κ2) is 8.41. The maximum absolute atomic E-state index is 13.4. The van der Waals surface area contributed by atoms with Crippen molar-refractivity contribution in [3.05, 3.63) is 0 Å². The molecule has 0 aromatic heterocycles. The zero-order valence-corrected chi connectivity index (χ0v) is 16.4. The third-order valence-electron chi connectivity index (χ3n) is 3.95. The number of hydrogen-bond acceptors (Lipinski definition) is 2. The Kier molecular flexibility index (Phi) is 8.22. The van der Waals surface area contributed by atoms with Crippen molar-refractivity contribution in [2.45, 2.75) is 90.0 Å². The summed E-state index contributed by atoms with van der Waals surface area (Å²) in [5.41, 5.74) is -4.56. The van der Waals surface area contributed by atoms with Crippen molar-refractivity contribution in [2.24, 2.45) is 5.41 Å². The van der Waals surface area contributed by atoms with Crippen LogP contribution in [0, 0.1) is 5.41 Å². The van der Waals surface area contributed by atoms with Crippen LogP contribution in [-0.4, -0.2) is 32.6 Å². The number of aldehydes is 1. The quantitative estimate of drug-likeness (QED) is 0.189. The van der Waals surface area contributed by atoms with Gasteiger partial charge in [0, 0.05) is 6.42 Å². The van der Waals surface area contributed by atoms with Gasteiger partial charge in [0.05, 0.1) is 0 Å². The number of alkyl halides is 6. The molecule has 0 rings (SSSR count). The van der Waals surface area contributed by atoms with Gasteiger partial charge < -0.3 is 9.22 Å². The third-order valence-corrected chi connectivity index (χ3v) is 4.91. The Morgan fingerprint density at radius 1 is 0.840 bits per heavy atom. The van der Waals surface area contributed by atoms with Crippen LogP contribution < -0.4 is 0 Å². The summed E-state index contributed by atoms with van der Waals surface area (Å²) in [5, 5.41) is 0. The molecule has 0 aliphatic heterocycles. The van der Waals surface area contributed by atoms with Crippen LogP contribution in [-0.2, 0) is 9.22 Å². The van der Waals surface area contributed by atoms with Crippen LogP contribution >= 0.6 is 0 Å². The van der Waals surface area contributed by atoms with Crippen molar-refractivity contribution >= 4 is 14.6 Å². The van der Waals surface area contributed by atoms with Crippen LogP contribution in [0.1, 0.15) is 52.4 Å². The first-order chi connectivity index (χ1) is 11.0. The van der Waals surface area contributed by atoms with Crippen molar-refractivity contribution < 1.29 is 35.6 Å². The summed E-state index contributed by atoms with van der Waals surface area (Å²) < 4.78 is 85.2. The fraction of sp³-hybridized carbons (Fsp3) is 0.938. The normalized spacial score (nSPS) is 14.7. The summed E-state index contributed by atoms with van der Waals surface area (Å²) in [6.45, 7) is 7.48. The maximum Gasteiger partial charge on any atom is 0.425 e. The number of unbranched alkanes of at least 4 members (excludes halogenated alkanes) is 1. The van der Waals surface area contributed by atoms with Gasteiger partial charge in [0.1, 0.15) is 6.29 Å². The molecule has 0 N–H and O–H groups in total. The molecular weight excluding hydrogens is 366 g/mol. The van der Waals surface area contributed by atoms with E-state index in [-0.39, 0.29) is 12.8 Å². The highest BCUT2D eigenvalue weighted by atomic mass is 28.4. The molecule has 0 spiro atoms. The molecule has 0 aromatic rings. The minimum Gasteiger partial charge on any atom is -0.397 e. The second-order valence-electron chi connectivity index (χ2n) is 8.11. The minimum atomic E-state index is -5.53. The molecule has 0 atom stereocenters. The van der Waals surface area contributed by atoms with Gasteiger partial charge in [-0.3, -0.25) is 0 Å². The summed E-state index contributed by atoms with van der Waals surface area (Å²) in [4.78, 5) is 10.3. The predicted octanol–water partition coefficient (Wildman–Crippen LogP) is 6.27. The van der Waals surface area contributed by atoms with Gasteiger partial charge >= 0.3 is 12.4 Å². The Balaban J connectivity index is 5.29. The summed E-state index contributed by atoms with van der Waals surface area (Å²) in [6, 6.07) is 0. The van der Waals surface area contributed by atoms with Crippen molar-refractivity contribution in [3.63, 3.8) is 0 Å². The summed E-state index contributed by atoms with van der Waals surface area (Å²) in [7, 11) is -3.11. The summed E-state index contributed by atoms with van der Waals surface area (Å²) in [5.74, 6) is 0. The lowest BCUT2D eigenvalue weighted by molar-refractivity contribution is -0.362. The molecule has 0 aliphatic carbocycles. The molecule has 0 aromatic carbocycles. The van der Waals surface area contributed by atoms with Crippen LogP contribution in [0.2, 0.25) is 19.6 Å². The molecule has 0 saturated carbocycles. The topological polar surface area (TPSA) is 26.3 Å². The Morgan fingerprint density at radius 3 is 1.64 bits per heavy atom. The zero-order chi connectivity index (χ0) is 20.2. The lowest BCUT2D eigenvalue weighted by Crippen LogP contribution is -2.62. The van der Waals surface area contributed by atoms with E-state index in [1.807, 2.05) is 0 Å². The molecule has 150 valence electrons. The van der Waals surface area contributed by atoms with Crippen LogP contribution in [0.25, 0.3) is 0 Å². The Labute approximate surface area is 146 Å². The number of rotatable bonds is 10. The Morgan fingerprint density at radius 2 is 1.28 bits per heavy atom. The van der Waals surface area contributed by atoms with Gasteiger partial charge in [-0.1, -0.05) is 13.8 Å². The summed E-state index contributed by atoms with van der Waals surface area (Å²) in [6.07, 6.45) is -10.1. The largest absolute Gasteiger partial charge is 0.425 e. The van der Waals surface area contributed by atoms with E-state index in [4.69, 9.17) is 4.43 Å². The molecule has 25 heavy (non-hydrogen) atoms. The van der Waals surface area contributed by atoms with Crippen molar-refractivity contribution in [1.82, 2.24) is 0 Å². The van der Waals surface area contributed by atoms with E-state index in [2.05, 4.69) is 0 Å². The molecule has 0 amide bonds.